The summed E-state index contributed by atoms with van der Waals surface area (Å²) in [5.41, 5.74) is 7.83. The van der Waals surface area contributed by atoms with Crippen LogP contribution in [0.15, 0.2) is 30.3 Å². The van der Waals surface area contributed by atoms with E-state index in [4.69, 9.17) is 17.3 Å². The van der Waals surface area contributed by atoms with E-state index in [1.165, 1.54) is 22.3 Å². The molecule has 26 heavy (non-hydrogen) atoms. The largest absolute Gasteiger partial charge is 0.365 e. The Bertz CT molecular complexity index is 873. The van der Waals surface area contributed by atoms with Crippen LogP contribution in [0.4, 0.5) is 5.00 Å². The lowest BCUT2D eigenvalue weighted by atomic mass is 9.85. The fourth-order valence-electron chi connectivity index (χ4n) is 3.28. The van der Waals surface area contributed by atoms with Crippen LogP contribution >= 0.6 is 22.9 Å². The molecule has 4 nitrogen and oxygen atoms in total. The Labute approximate surface area is 162 Å². The molecule has 2 aromatic rings. The standard InChI is InChI=1S/C20H21ClN2O2S/c1-2-12-7-9-14-16(11-12)26-20(18(14)19(22)25)23-17(24)10-8-13-5-3-4-6-15(13)21/h3-6,8,10,12H,2,7,9,11H2,1H3,(H2,22,25)(H,23,24)/b10-8+. The molecule has 6 heteroatoms. The van der Waals surface area contributed by atoms with E-state index in [9.17, 15) is 9.59 Å². The maximum absolute atomic E-state index is 12.3. The number of nitrogens with one attached hydrogen (secondary N) is 1. The first-order chi connectivity index (χ1) is 12.5. The number of carbonyl (C=O) groups excluding carboxylic acids is 2. The molecule has 1 aliphatic carbocycles. The van der Waals surface area contributed by atoms with Crippen molar-refractivity contribution < 1.29 is 9.59 Å². The molecule has 136 valence electrons. The first-order valence-corrected chi connectivity index (χ1v) is 9.87. The van der Waals surface area contributed by atoms with Gasteiger partial charge >= 0.3 is 0 Å². The summed E-state index contributed by atoms with van der Waals surface area (Å²) >= 11 is 7.56. The SMILES string of the molecule is CCC1CCc2c(sc(NC(=O)/C=C/c3ccccc3Cl)c2C(N)=O)C1. The number of hydrogen-bond donors (Lipinski definition) is 2. The van der Waals surface area contributed by atoms with Crippen molar-refractivity contribution in [2.75, 3.05) is 5.32 Å². The lowest BCUT2D eigenvalue weighted by Gasteiger charge is -2.20. The molecule has 0 spiro atoms. The van der Waals surface area contributed by atoms with Crippen molar-refractivity contribution in [1.82, 2.24) is 0 Å². The highest BCUT2D eigenvalue weighted by Crippen LogP contribution is 2.40. The van der Waals surface area contributed by atoms with Crippen molar-refractivity contribution in [1.29, 1.82) is 0 Å². The molecule has 1 aromatic heterocycles. The number of fused-ring (bicyclic) bond motifs is 1. The van der Waals surface area contributed by atoms with Crippen LogP contribution in [0.5, 0.6) is 0 Å². The molecule has 1 unspecified atom stereocenters. The van der Waals surface area contributed by atoms with Crippen molar-refractivity contribution >= 4 is 45.8 Å². The highest BCUT2D eigenvalue weighted by atomic mass is 35.5. The van der Waals surface area contributed by atoms with Crippen LogP contribution in [0.3, 0.4) is 0 Å². The minimum absolute atomic E-state index is 0.307. The van der Waals surface area contributed by atoms with Gasteiger partial charge in [0.05, 0.1) is 5.56 Å². The zero-order valence-electron chi connectivity index (χ0n) is 14.5. The normalized spacial score (nSPS) is 16.5. The number of benzene rings is 1. The fraction of sp³-hybridized carbons (Fsp3) is 0.300. The number of nitrogens with two attached hydrogens (primary N) is 1. The van der Waals surface area contributed by atoms with Gasteiger partial charge < -0.3 is 11.1 Å². The average Bonchev–Trinajstić information content (AvgIpc) is 2.97. The van der Waals surface area contributed by atoms with Gasteiger partial charge in [-0.15, -0.1) is 11.3 Å². The molecular formula is C20H21ClN2O2S. The summed E-state index contributed by atoms with van der Waals surface area (Å²) in [5, 5.41) is 3.95. The number of rotatable bonds is 5. The molecule has 0 saturated carbocycles. The number of anilines is 1. The van der Waals surface area contributed by atoms with Crippen LogP contribution < -0.4 is 11.1 Å². The second-order valence-electron chi connectivity index (χ2n) is 6.43. The molecule has 3 rings (SSSR count). The van der Waals surface area contributed by atoms with Crippen molar-refractivity contribution in [3.8, 4) is 0 Å². The van der Waals surface area contributed by atoms with Crippen LogP contribution in [0.2, 0.25) is 5.02 Å². The molecule has 0 fully saturated rings. The van der Waals surface area contributed by atoms with E-state index < -0.39 is 5.91 Å². The van der Waals surface area contributed by atoms with E-state index >= 15 is 0 Å². The summed E-state index contributed by atoms with van der Waals surface area (Å²) in [6, 6.07) is 7.28. The first kappa shape index (κ1) is 18.7. The minimum atomic E-state index is -0.483. The van der Waals surface area contributed by atoms with E-state index in [1.807, 2.05) is 18.2 Å². The number of hydrogen-bond acceptors (Lipinski definition) is 3. The first-order valence-electron chi connectivity index (χ1n) is 8.67. The Morgan fingerprint density at radius 3 is 2.85 bits per heavy atom. The molecule has 1 aliphatic rings. The number of primary amides is 1. The molecule has 0 radical (unpaired) electrons. The molecule has 1 atom stereocenters. The molecule has 0 saturated heterocycles. The van der Waals surface area contributed by atoms with Gasteiger partial charge in [0.1, 0.15) is 5.00 Å². The Morgan fingerprint density at radius 2 is 2.15 bits per heavy atom. The van der Waals surface area contributed by atoms with E-state index in [2.05, 4.69) is 12.2 Å². The van der Waals surface area contributed by atoms with Crippen LogP contribution in [0, 0.1) is 5.92 Å². The van der Waals surface area contributed by atoms with E-state index in [-0.39, 0.29) is 5.91 Å². The molecule has 0 aliphatic heterocycles. The highest BCUT2D eigenvalue weighted by molar-refractivity contribution is 7.17. The predicted molar refractivity (Wildman–Crippen MR) is 108 cm³/mol. The fourth-order valence-corrected chi connectivity index (χ4v) is 4.85. The average molecular weight is 389 g/mol. The molecule has 0 bridgehead atoms. The third kappa shape index (κ3) is 4.00. The van der Waals surface area contributed by atoms with Gasteiger partial charge in [-0.1, -0.05) is 43.1 Å². The van der Waals surface area contributed by atoms with Crippen LogP contribution in [-0.2, 0) is 17.6 Å². The second-order valence-corrected chi connectivity index (χ2v) is 7.95. The van der Waals surface area contributed by atoms with E-state index in [0.717, 1.165) is 36.8 Å². The Morgan fingerprint density at radius 1 is 1.38 bits per heavy atom. The zero-order valence-corrected chi connectivity index (χ0v) is 16.1. The number of carbonyl (C=O) groups is 2. The van der Waals surface area contributed by atoms with Crippen LogP contribution in [-0.4, -0.2) is 11.8 Å². The Hall–Kier alpha value is -2.11. The number of thiophene rings is 1. The second kappa shape index (κ2) is 8.06. The lowest BCUT2D eigenvalue weighted by molar-refractivity contribution is -0.111. The summed E-state index contributed by atoms with van der Waals surface area (Å²) in [6.45, 7) is 2.18. The van der Waals surface area contributed by atoms with Crippen molar-refractivity contribution in [3.05, 3.63) is 56.9 Å². The quantitative estimate of drug-likeness (QED) is 0.730. The minimum Gasteiger partial charge on any atom is -0.365 e. The predicted octanol–water partition coefficient (Wildman–Crippen LogP) is 4.67. The van der Waals surface area contributed by atoms with Gasteiger partial charge in [0.15, 0.2) is 0 Å². The van der Waals surface area contributed by atoms with Crippen molar-refractivity contribution in [2.24, 2.45) is 11.7 Å². The Kier molecular flexibility index (Phi) is 5.79. The molecule has 1 aromatic carbocycles. The van der Waals surface area contributed by atoms with E-state index in [0.29, 0.717) is 21.5 Å². The van der Waals surface area contributed by atoms with Gasteiger partial charge in [-0.25, -0.2) is 0 Å². The lowest BCUT2D eigenvalue weighted by Crippen LogP contribution is -2.19. The number of amides is 2. The van der Waals surface area contributed by atoms with Crippen molar-refractivity contribution in [2.45, 2.75) is 32.6 Å². The topological polar surface area (TPSA) is 72.2 Å². The van der Waals surface area contributed by atoms with E-state index in [1.54, 1.807) is 12.1 Å². The van der Waals surface area contributed by atoms with Crippen molar-refractivity contribution in [3.63, 3.8) is 0 Å². The molecule has 1 heterocycles. The summed E-state index contributed by atoms with van der Waals surface area (Å²) in [7, 11) is 0. The third-order valence-electron chi connectivity index (χ3n) is 4.75. The highest BCUT2D eigenvalue weighted by Gasteiger charge is 2.27. The van der Waals surface area contributed by atoms with Gasteiger partial charge in [-0.05, 0) is 48.4 Å². The molecule has 2 amide bonds. The maximum atomic E-state index is 12.3. The summed E-state index contributed by atoms with van der Waals surface area (Å²) in [4.78, 5) is 25.4. The van der Waals surface area contributed by atoms with Gasteiger partial charge in [-0.2, -0.15) is 0 Å². The van der Waals surface area contributed by atoms with Gasteiger partial charge in [-0.3, -0.25) is 9.59 Å². The smallest absolute Gasteiger partial charge is 0.251 e. The van der Waals surface area contributed by atoms with Crippen LogP contribution in [0.1, 0.15) is 46.1 Å². The third-order valence-corrected chi connectivity index (χ3v) is 6.26. The zero-order chi connectivity index (χ0) is 18.7. The van der Waals surface area contributed by atoms with Gasteiger partial charge in [0.25, 0.3) is 5.91 Å². The van der Waals surface area contributed by atoms with Crippen LogP contribution in [0.25, 0.3) is 6.08 Å². The summed E-state index contributed by atoms with van der Waals surface area (Å²) in [6.07, 6.45) is 7.03. The summed E-state index contributed by atoms with van der Waals surface area (Å²) < 4.78 is 0. The maximum Gasteiger partial charge on any atom is 0.251 e. The van der Waals surface area contributed by atoms with Gasteiger partial charge in [0, 0.05) is 16.0 Å². The monoisotopic (exact) mass is 388 g/mol. The Balaban J connectivity index is 1.81. The summed E-state index contributed by atoms with van der Waals surface area (Å²) in [5.74, 6) is -0.161. The molecule has 3 N–H and O–H groups in total. The molecular weight excluding hydrogens is 368 g/mol. The number of halogens is 1. The van der Waals surface area contributed by atoms with Gasteiger partial charge in [0.2, 0.25) is 5.91 Å².